The van der Waals surface area contributed by atoms with E-state index in [1.54, 1.807) is 13.8 Å². The van der Waals surface area contributed by atoms with Crippen LogP contribution >= 0.6 is 0 Å². The number of aromatic nitrogens is 1. The van der Waals surface area contributed by atoms with E-state index in [4.69, 9.17) is 4.52 Å². The Bertz CT molecular complexity index is 1130. The van der Waals surface area contributed by atoms with Gasteiger partial charge in [-0.25, -0.2) is 8.42 Å². The van der Waals surface area contributed by atoms with Gasteiger partial charge in [0.05, 0.1) is 0 Å². The van der Waals surface area contributed by atoms with Crippen molar-refractivity contribution in [2.45, 2.75) is 37.6 Å². The van der Waals surface area contributed by atoms with Crippen LogP contribution in [-0.4, -0.2) is 36.4 Å². The molecular formula is C20H21N3O4S. The Hall–Kier alpha value is -2.71. The number of anilines is 1. The van der Waals surface area contributed by atoms with Crippen molar-refractivity contribution in [2.75, 3.05) is 11.9 Å². The van der Waals surface area contributed by atoms with E-state index >= 15 is 0 Å². The minimum absolute atomic E-state index is 0.0531. The summed E-state index contributed by atoms with van der Waals surface area (Å²) in [6.45, 7) is 3.44. The van der Waals surface area contributed by atoms with E-state index in [1.807, 2.05) is 42.5 Å². The normalized spacial score (nSPS) is 17.9. The summed E-state index contributed by atoms with van der Waals surface area (Å²) in [4.78, 5) is 13.1. The van der Waals surface area contributed by atoms with Gasteiger partial charge in [-0.1, -0.05) is 41.6 Å². The van der Waals surface area contributed by atoms with Crippen molar-refractivity contribution in [1.29, 1.82) is 0 Å². The standard InChI is InChI=1S/C20H21N3O4S/c1-13-19(14(2)27-22-13)28(25,26)23-12-6-11-18(23)20(24)21-17-10-5-8-15-7-3-4-9-16(15)17/h3-5,7-10,18H,6,11-12H2,1-2H3,(H,21,24)/t18-/m0/s1. The summed E-state index contributed by atoms with van der Waals surface area (Å²) in [5.41, 5.74) is 0.974. The number of aryl methyl sites for hydroxylation is 2. The average molecular weight is 399 g/mol. The lowest BCUT2D eigenvalue weighted by Gasteiger charge is -2.23. The van der Waals surface area contributed by atoms with Gasteiger partial charge in [0.25, 0.3) is 0 Å². The summed E-state index contributed by atoms with van der Waals surface area (Å²) in [5.74, 6) is -0.0956. The van der Waals surface area contributed by atoms with Crippen molar-refractivity contribution in [3.05, 3.63) is 53.9 Å². The van der Waals surface area contributed by atoms with Crippen LogP contribution in [0.4, 0.5) is 5.69 Å². The fourth-order valence-electron chi connectivity index (χ4n) is 3.80. The molecule has 1 aliphatic rings. The first-order valence-electron chi connectivity index (χ1n) is 9.13. The zero-order valence-corrected chi connectivity index (χ0v) is 16.5. The third-order valence-electron chi connectivity index (χ3n) is 5.09. The summed E-state index contributed by atoms with van der Waals surface area (Å²) in [5, 5.41) is 8.58. The maximum absolute atomic E-state index is 13.2. The summed E-state index contributed by atoms with van der Waals surface area (Å²) >= 11 is 0. The van der Waals surface area contributed by atoms with Crippen molar-refractivity contribution in [2.24, 2.45) is 0 Å². The van der Waals surface area contributed by atoms with Gasteiger partial charge in [-0.05, 0) is 38.1 Å². The fourth-order valence-corrected chi connectivity index (χ4v) is 5.75. The zero-order chi connectivity index (χ0) is 19.9. The van der Waals surface area contributed by atoms with Gasteiger partial charge < -0.3 is 9.84 Å². The predicted molar refractivity (Wildman–Crippen MR) is 105 cm³/mol. The minimum Gasteiger partial charge on any atom is -0.360 e. The number of hydrogen-bond donors (Lipinski definition) is 1. The molecule has 146 valence electrons. The Labute approximate surface area is 163 Å². The number of amides is 1. The molecule has 1 aromatic heterocycles. The van der Waals surface area contributed by atoms with E-state index in [1.165, 1.54) is 4.31 Å². The first-order valence-corrected chi connectivity index (χ1v) is 10.6. The van der Waals surface area contributed by atoms with E-state index in [-0.39, 0.29) is 16.6 Å². The van der Waals surface area contributed by atoms with Gasteiger partial charge in [-0.2, -0.15) is 4.31 Å². The molecule has 3 aromatic rings. The van der Waals surface area contributed by atoms with Crippen LogP contribution in [0.3, 0.4) is 0 Å². The Balaban J connectivity index is 1.64. The summed E-state index contributed by atoms with van der Waals surface area (Å²) in [6, 6.07) is 12.6. The largest absolute Gasteiger partial charge is 0.360 e. The lowest BCUT2D eigenvalue weighted by Crippen LogP contribution is -2.43. The van der Waals surface area contributed by atoms with Gasteiger partial charge in [-0.15, -0.1) is 0 Å². The first-order chi connectivity index (χ1) is 13.4. The van der Waals surface area contributed by atoms with Crippen LogP contribution in [0.2, 0.25) is 0 Å². The van der Waals surface area contributed by atoms with Gasteiger partial charge in [0.2, 0.25) is 15.9 Å². The third-order valence-corrected chi connectivity index (χ3v) is 7.24. The van der Waals surface area contributed by atoms with E-state index in [9.17, 15) is 13.2 Å². The van der Waals surface area contributed by atoms with Crippen LogP contribution in [-0.2, 0) is 14.8 Å². The van der Waals surface area contributed by atoms with E-state index in [0.29, 0.717) is 30.8 Å². The Morgan fingerprint density at radius 1 is 1.18 bits per heavy atom. The number of nitrogens with one attached hydrogen (secondary N) is 1. The first kappa shape index (κ1) is 18.6. The molecule has 1 saturated heterocycles. The fraction of sp³-hybridized carbons (Fsp3) is 0.300. The van der Waals surface area contributed by atoms with Crippen molar-refractivity contribution in [1.82, 2.24) is 9.46 Å². The van der Waals surface area contributed by atoms with Gasteiger partial charge >= 0.3 is 0 Å². The molecule has 1 aliphatic heterocycles. The number of carbonyl (C=O) groups excluding carboxylic acids is 1. The molecule has 0 bridgehead atoms. The van der Waals surface area contributed by atoms with E-state index in [2.05, 4.69) is 10.5 Å². The van der Waals surface area contributed by atoms with Gasteiger partial charge in [0.15, 0.2) is 5.76 Å². The average Bonchev–Trinajstić information content (AvgIpc) is 3.29. The zero-order valence-electron chi connectivity index (χ0n) is 15.7. The molecule has 1 atom stereocenters. The van der Waals surface area contributed by atoms with Crippen LogP contribution in [0, 0.1) is 13.8 Å². The third kappa shape index (κ3) is 3.08. The number of fused-ring (bicyclic) bond motifs is 1. The number of nitrogens with zero attached hydrogens (tertiary/aromatic N) is 2. The highest BCUT2D eigenvalue weighted by Crippen LogP contribution is 2.31. The molecule has 0 aliphatic carbocycles. The lowest BCUT2D eigenvalue weighted by atomic mass is 10.1. The molecule has 0 spiro atoms. The monoisotopic (exact) mass is 399 g/mol. The molecule has 8 heteroatoms. The highest BCUT2D eigenvalue weighted by Gasteiger charge is 2.41. The highest BCUT2D eigenvalue weighted by atomic mass is 32.2. The molecule has 28 heavy (non-hydrogen) atoms. The van der Waals surface area contributed by atoms with E-state index in [0.717, 1.165) is 10.8 Å². The predicted octanol–water partition coefficient (Wildman–Crippen LogP) is 3.24. The molecule has 1 amide bonds. The number of rotatable bonds is 4. The molecule has 2 aromatic carbocycles. The van der Waals surface area contributed by atoms with Crippen molar-refractivity contribution in [3.63, 3.8) is 0 Å². The highest BCUT2D eigenvalue weighted by molar-refractivity contribution is 7.89. The van der Waals surface area contributed by atoms with Crippen LogP contribution in [0.25, 0.3) is 10.8 Å². The van der Waals surface area contributed by atoms with Gasteiger partial charge in [0, 0.05) is 17.6 Å². The van der Waals surface area contributed by atoms with Crippen LogP contribution < -0.4 is 5.32 Å². The number of sulfonamides is 1. The van der Waals surface area contributed by atoms with Crippen LogP contribution in [0.15, 0.2) is 51.9 Å². The smallest absolute Gasteiger partial charge is 0.249 e. The quantitative estimate of drug-likeness (QED) is 0.727. The summed E-state index contributed by atoms with van der Waals surface area (Å²) in [7, 11) is -3.87. The number of benzene rings is 2. The molecule has 2 heterocycles. The summed E-state index contributed by atoms with van der Waals surface area (Å²) in [6.07, 6.45) is 1.09. The molecule has 4 rings (SSSR count). The maximum Gasteiger partial charge on any atom is 0.249 e. The van der Waals surface area contributed by atoms with Crippen LogP contribution in [0.1, 0.15) is 24.3 Å². The second-order valence-electron chi connectivity index (χ2n) is 6.94. The molecule has 1 N–H and O–H groups in total. The van der Waals surface area contributed by atoms with Gasteiger partial charge in [-0.3, -0.25) is 4.79 Å². The maximum atomic E-state index is 13.2. The number of carbonyl (C=O) groups is 1. The molecule has 0 saturated carbocycles. The lowest BCUT2D eigenvalue weighted by molar-refractivity contribution is -0.119. The van der Waals surface area contributed by atoms with Crippen molar-refractivity contribution in [3.8, 4) is 0 Å². The number of hydrogen-bond acceptors (Lipinski definition) is 5. The minimum atomic E-state index is -3.87. The van der Waals surface area contributed by atoms with Crippen molar-refractivity contribution < 1.29 is 17.7 Å². The summed E-state index contributed by atoms with van der Waals surface area (Å²) < 4.78 is 32.6. The molecular weight excluding hydrogens is 378 g/mol. The van der Waals surface area contributed by atoms with Gasteiger partial charge in [0.1, 0.15) is 16.6 Å². The van der Waals surface area contributed by atoms with Crippen molar-refractivity contribution >= 4 is 32.4 Å². The van der Waals surface area contributed by atoms with Crippen LogP contribution in [0.5, 0.6) is 0 Å². The van der Waals surface area contributed by atoms with E-state index < -0.39 is 16.1 Å². The second kappa shape index (κ2) is 7.03. The Morgan fingerprint density at radius 3 is 2.68 bits per heavy atom. The molecule has 1 fully saturated rings. The molecule has 0 radical (unpaired) electrons. The Morgan fingerprint density at radius 2 is 1.93 bits per heavy atom. The molecule has 7 nitrogen and oxygen atoms in total. The molecule has 0 unspecified atom stereocenters. The Kier molecular flexibility index (Phi) is 4.68. The second-order valence-corrected chi connectivity index (χ2v) is 8.77. The SMILES string of the molecule is Cc1noc(C)c1S(=O)(=O)N1CCC[C@H]1C(=O)Nc1cccc2ccccc12. The topological polar surface area (TPSA) is 92.5 Å².